The van der Waals surface area contributed by atoms with E-state index in [0.29, 0.717) is 5.95 Å². The molecule has 3 aliphatic carbocycles. The van der Waals surface area contributed by atoms with Gasteiger partial charge in [0, 0.05) is 27.1 Å². The van der Waals surface area contributed by atoms with E-state index in [1.54, 1.807) is 0 Å². The Morgan fingerprint density at radius 3 is 1.45 bits per heavy atom. The minimum atomic E-state index is -0.631. The molecule has 2 heterocycles. The predicted molar refractivity (Wildman–Crippen MR) is 265 cm³/mol. The van der Waals surface area contributed by atoms with Crippen LogP contribution in [-0.4, -0.2) is 14.5 Å². The van der Waals surface area contributed by atoms with Gasteiger partial charge in [-0.1, -0.05) is 206 Å². The molecule has 0 radical (unpaired) electrons. The van der Waals surface area contributed by atoms with E-state index in [9.17, 15) is 0 Å². The molecule has 3 heteroatoms. The SMILES string of the molecule is c1ccc(-c2nc(-n3c4cc5c(cc4c4ccc6ccccc6c43)-c3ccccc3C53c4ccccc4C4(c5ccccc5-c5ccccc54)c4ccccc43)nc3ccccc23)cc1. The molecule has 0 saturated carbocycles. The lowest BCUT2D eigenvalue weighted by Crippen LogP contribution is -2.43. The Hall–Kier alpha value is -8.40. The van der Waals surface area contributed by atoms with Crippen LogP contribution in [0.15, 0.2) is 224 Å². The van der Waals surface area contributed by atoms with Crippen molar-refractivity contribution in [2.45, 2.75) is 10.8 Å². The average Bonchev–Trinajstić information content (AvgIpc) is 3.97. The average molecular weight is 824 g/mol. The van der Waals surface area contributed by atoms with Crippen LogP contribution < -0.4 is 0 Å². The standard InChI is InChI=1S/C62H37N3/c1-2-19-39(20-3-1)58-45-25-9-17-33-56(45)63-60(64-58)65-57-37-55-46(36-47(57)44-35-34-38-18-4-5-21-40(38)59(44)65)43-24-8-12-28-50(43)62(55)53-31-15-13-29-51(53)61(52-30-14-16-32-54(52)62)48-26-10-6-22-41(48)42-23-7-11-27-49(42)61/h1-37H. The van der Waals surface area contributed by atoms with Gasteiger partial charge >= 0.3 is 0 Å². The van der Waals surface area contributed by atoms with E-state index in [1.165, 1.54) is 88.3 Å². The number of hydrogen-bond acceptors (Lipinski definition) is 2. The van der Waals surface area contributed by atoms with Gasteiger partial charge in [-0.05, 0) is 90.3 Å². The number of hydrogen-bond donors (Lipinski definition) is 0. The summed E-state index contributed by atoms with van der Waals surface area (Å²) in [4.78, 5) is 11.0. The van der Waals surface area contributed by atoms with Gasteiger partial charge in [0.05, 0.1) is 33.1 Å². The molecule has 12 aromatic rings. The van der Waals surface area contributed by atoms with E-state index < -0.39 is 10.8 Å². The van der Waals surface area contributed by atoms with Gasteiger partial charge in [0.25, 0.3) is 0 Å². The summed E-state index contributed by atoms with van der Waals surface area (Å²) in [5.74, 6) is 0.658. The quantitative estimate of drug-likeness (QED) is 0.174. The molecule has 3 nitrogen and oxygen atoms in total. The number of nitrogens with zero attached hydrogens (tertiary/aromatic N) is 3. The third-order valence-corrected chi connectivity index (χ3v) is 15.1. The molecular weight excluding hydrogens is 787 g/mol. The first-order valence-corrected chi connectivity index (χ1v) is 22.6. The molecule has 300 valence electrons. The van der Waals surface area contributed by atoms with Crippen molar-refractivity contribution >= 4 is 43.5 Å². The molecule has 65 heavy (non-hydrogen) atoms. The lowest BCUT2D eigenvalue weighted by atomic mass is 9.52. The fourth-order valence-electron chi connectivity index (χ4n) is 12.7. The highest BCUT2D eigenvalue weighted by atomic mass is 15.2. The Balaban J connectivity index is 1.11. The molecule has 0 saturated heterocycles. The molecule has 2 spiro atoms. The molecule has 0 atom stereocenters. The maximum Gasteiger partial charge on any atom is 0.235 e. The second kappa shape index (κ2) is 12.6. The van der Waals surface area contributed by atoms with E-state index >= 15 is 0 Å². The molecule has 10 aromatic carbocycles. The van der Waals surface area contributed by atoms with Crippen molar-refractivity contribution in [2.75, 3.05) is 0 Å². The van der Waals surface area contributed by atoms with Crippen LogP contribution in [0.3, 0.4) is 0 Å². The highest BCUT2D eigenvalue weighted by Gasteiger charge is 2.59. The molecule has 0 unspecified atom stereocenters. The molecule has 0 aliphatic heterocycles. The first-order valence-electron chi connectivity index (χ1n) is 22.6. The van der Waals surface area contributed by atoms with Gasteiger partial charge < -0.3 is 0 Å². The summed E-state index contributed by atoms with van der Waals surface area (Å²) < 4.78 is 2.37. The van der Waals surface area contributed by atoms with Crippen LogP contribution in [-0.2, 0) is 10.8 Å². The van der Waals surface area contributed by atoms with Crippen molar-refractivity contribution in [1.29, 1.82) is 0 Å². The van der Waals surface area contributed by atoms with Crippen LogP contribution in [0.5, 0.6) is 0 Å². The van der Waals surface area contributed by atoms with E-state index in [0.717, 1.165) is 33.2 Å². The smallest absolute Gasteiger partial charge is 0.235 e. The zero-order chi connectivity index (χ0) is 42.4. The van der Waals surface area contributed by atoms with E-state index in [-0.39, 0.29) is 0 Å². The highest BCUT2D eigenvalue weighted by Crippen LogP contribution is 2.67. The highest BCUT2D eigenvalue weighted by molar-refractivity contribution is 6.20. The van der Waals surface area contributed by atoms with E-state index in [4.69, 9.17) is 9.97 Å². The number of para-hydroxylation sites is 1. The van der Waals surface area contributed by atoms with Gasteiger partial charge in [0.1, 0.15) is 0 Å². The van der Waals surface area contributed by atoms with E-state index in [2.05, 4.69) is 229 Å². The van der Waals surface area contributed by atoms with Crippen LogP contribution in [0.4, 0.5) is 0 Å². The van der Waals surface area contributed by atoms with E-state index in [1.807, 2.05) is 0 Å². The van der Waals surface area contributed by atoms with Gasteiger partial charge in [0.2, 0.25) is 5.95 Å². The molecule has 0 bridgehead atoms. The molecule has 3 aliphatic rings. The third kappa shape index (κ3) is 4.26. The van der Waals surface area contributed by atoms with Crippen LogP contribution in [0.25, 0.3) is 82.9 Å². The second-order valence-corrected chi connectivity index (χ2v) is 17.9. The number of aromatic nitrogens is 3. The lowest BCUT2D eigenvalue weighted by molar-refractivity contribution is 0.633. The van der Waals surface area contributed by atoms with Gasteiger partial charge in [0.15, 0.2) is 0 Å². The van der Waals surface area contributed by atoms with Crippen molar-refractivity contribution in [3.63, 3.8) is 0 Å². The molecular formula is C62H37N3. The fourth-order valence-corrected chi connectivity index (χ4v) is 12.7. The molecule has 0 amide bonds. The van der Waals surface area contributed by atoms with Crippen molar-refractivity contribution in [3.05, 3.63) is 269 Å². The van der Waals surface area contributed by atoms with Crippen molar-refractivity contribution < 1.29 is 0 Å². The monoisotopic (exact) mass is 823 g/mol. The van der Waals surface area contributed by atoms with Crippen molar-refractivity contribution in [3.8, 4) is 39.5 Å². The summed E-state index contributed by atoms with van der Waals surface area (Å²) >= 11 is 0. The summed E-state index contributed by atoms with van der Waals surface area (Å²) in [6, 6.07) is 83.4. The summed E-state index contributed by atoms with van der Waals surface area (Å²) in [5.41, 5.74) is 19.7. The Kier molecular flexibility index (Phi) is 6.82. The first kappa shape index (κ1) is 35.1. The fraction of sp³-hybridized carbons (Fsp3) is 0.0323. The van der Waals surface area contributed by atoms with Gasteiger partial charge in [-0.15, -0.1) is 0 Å². The Morgan fingerprint density at radius 1 is 0.323 bits per heavy atom. The normalized spacial score (nSPS) is 14.4. The van der Waals surface area contributed by atoms with Gasteiger partial charge in [-0.25, -0.2) is 9.97 Å². The molecule has 2 aromatic heterocycles. The summed E-state index contributed by atoms with van der Waals surface area (Å²) in [7, 11) is 0. The molecule has 0 N–H and O–H groups in total. The molecule has 15 rings (SSSR count). The molecule has 0 fully saturated rings. The predicted octanol–water partition coefficient (Wildman–Crippen LogP) is 14.6. The Bertz CT molecular complexity index is 3930. The van der Waals surface area contributed by atoms with Crippen molar-refractivity contribution in [2.24, 2.45) is 0 Å². The summed E-state index contributed by atoms with van der Waals surface area (Å²) in [6.07, 6.45) is 0. The van der Waals surface area contributed by atoms with Gasteiger partial charge in [-0.2, -0.15) is 0 Å². The number of fused-ring (bicyclic) bond motifs is 22. The zero-order valence-corrected chi connectivity index (χ0v) is 35.2. The number of benzene rings is 10. The Morgan fingerprint density at radius 2 is 0.815 bits per heavy atom. The minimum Gasteiger partial charge on any atom is -0.277 e. The van der Waals surface area contributed by atoms with Crippen molar-refractivity contribution in [1.82, 2.24) is 14.5 Å². The van der Waals surface area contributed by atoms with Gasteiger partial charge in [-0.3, -0.25) is 4.57 Å². The van der Waals surface area contributed by atoms with Crippen LogP contribution >= 0.6 is 0 Å². The maximum absolute atomic E-state index is 5.57. The Labute approximate surface area is 375 Å². The topological polar surface area (TPSA) is 30.7 Å². The maximum atomic E-state index is 5.57. The lowest BCUT2D eigenvalue weighted by Gasteiger charge is -2.48. The van der Waals surface area contributed by atoms with Crippen LogP contribution in [0, 0.1) is 0 Å². The summed E-state index contributed by atoms with van der Waals surface area (Å²) in [5, 5.41) is 5.74. The zero-order valence-electron chi connectivity index (χ0n) is 35.2. The number of rotatable bonds is 2. The van der Waals surface area contributed by atoms with Crippen LogP contribution in [0.2, 0.25) is 0 Å². The largest absolute Gasteiger partial charge is 0.277 e. The summed E-state index contributed by atoms with van der Waals surface area (Å²) in [6.45, 7) is 0. The minimum absolute atomic E-state index is 0.506. The first-order chi connectivity index (χ1) is 32.3. The second-order valence-electron chi connectivity index (χ2n) is 17.9. The van der Waals surface area contributed by atoms with Crippen LogP contribution in [0.1, 0.15) is 44.5 Å². The third-order valence-electron chi connectivity index (χ3n) is 15.1.